The van der Waals surface area contributed by atoms with Gasteiger partial charge in [0.2, 0.25) is 0 Å². The molecule has 0 spiro atoms. The van der Waals surface area contributed by atoms with Crippen LogP contribution in [0.4, 0.5) is 0 Å². The quantitative estimate of drug-likeness (QED) is 0.913. The minimum absolute atomic E-state index is 0.0572. The van der Waals surface area contributed by atoms with Crippen molar-refractivity contribution in [2.75, 3.05) is 7.11 Å². The highest BCUT2D eigenvalue weighted by molar-refractivity contribution is 5.87. The van der Waals surface area contributed by atoms with Gasteiger partial charge < -0.3 is 9.84 Å². The van der Waals surface area contributed by atoms with Crippen LogP contribution in [0.5, 0.6) is 5.75 Å². The van der Waals surface area contributed by atoms with E-state index in [-0.39, 0.29) is 11.1 Å². The van der Waals surface area contributed by atoms with Gasteiger partial charge in [0.25, 0.3) is 5.56 Å². The van der Waals surface area contributed by atoms with Crippen LogP contribution in [-0.2, 0) is 0 Å². The number of aromatic nitrogens is 1. The largest absolute Gasteiger partial charge is 0.497 e. The molecular weight excluding hydrogens is 246 g/mol. The Balaban J connectivity index is 2.67. The van der Waals surface area contributed by atoms with Gasteiger partial charge in [-0.3, -0.25) is 9.36 Å². The summed E-state index contributed by atoms with van der Waals surface area (Å²) in [6.45, 7) is 1.84. The molecule has 2 aromatic rings. The first-order valence-corrected chi connectivity index (χ1v) is 5.64. The number of carboxylic acids is 1. The third-order valence-electron chi connectivity index (χ3n) is 2.83. The van der Waals surface area contributed by atoms with E-state index in [0.717, 1.165) is 5.56 Å². The second-order valence-corrected chi connectivity index (χ2v) is 4.08. The standard InChI is InChI=1S/C14H13NO4/c1-9-3-5-11(19-2)7-12(9)15-8-10(14(17)18)4-6-13(15)16/h3-8H,1-2H3,(H,17,18). The van der Waals surface area contributed by atoms with Gasteiger partial charge in [-0.15, -0.1) is 0 Å². The van der Waals surface area contributed by atoms with E-state index < -0.39 is 5.97 Å². The lowest BCUT2D eigenvalue weighted by molar-refractivity contribution is 0.0696. The SMILES string of the molecule is COc1ccc(C)c(-n2cc(C(=O)O)ccc2=O)c1. The number of benzene rings is 1. The molecule has 1 heterocycles. The van der Waals surface area contributed by atoms with E-state index in [1.165, 1.54) is 30.0 Å². The number of nitrogens with zero attached hydrogens (tertiary/aromatic N) is 1. The Kier molecular flexibility index (Phi) is 3.37. The molecule has 1 N–H and O–H groups in total. The van der Waals surface area contributed by atoms with Crippen LogP contribution in [0.15, 0.2) is 41.3 Å². The van der Waals surface area contributed by atoms with Crippen molar-refractivity contribution in [3.05, 3.63) is 58.0 Å². The zero-order chi connectivity index (χ0) is 14.0. The Morgan fingerprint density at radius 1 is 1.26 bits per heavy atom. The normalized spacial score (nSPS) is 10.2. The summed E-state index contributed by atoms with van der Waals surface area (Å²) in [5.74, 6) is -0.470. The molecule has 0 aliphatic rings. The maximum atomic E-state index is 11.9. The van der Waals surface area contributed by atoms with Gasteiger partial charge in [0.05, 0.1) is 18.4 Å². The number of hydrogen-bond acceptors (Lipinski definition) is 3. The summed E-state index contributed by atoms with van der Waals surface area (Å²) >= 11 is 0. The van der Waals surface area contributed by atoms with E-state index >= 15 is 0 Å². The minimum Gasteiger partial charge on any atom is -0.497 e. The van der Waals surface area contributed by atoms with Crippen LogP contribution >= 0.6 is 0 Å². The molecule has 0 saturated carbocycles. The van der Waals surface area contributed by atoms with Gasteiger partial charge in [0, 0.05) is 18.3 Å². The number of aromatic carboxylic acids is 1. The number of methoxy groups -OCH3 is 1. The monoisotopic (exact) mass is 259 g/mol. The van der Waals surface area contributed by atoms with Gasteiger partial charge in [0.1, 0.15) is 5.75 Å². The third kappa shape index (κ3) is 2.49. The van der Waals surface area contributed by atoms with E-state index in [1.807, 2.05) is 13.0 Å². The van der Waals surface area contributed by atoms with Crippen LogP contribution in [0.25, 0.3) is 5.69 Å². The maximum Gasteiger partial charge on any atom is 0.337 e. The van der Waals surface area contributed by atoms with E-state index in [9.17, 15) is 9.59 Å². The van der Waals surface area contributed by atoms with Crippen molar-refractivity contribution in [2.45, 2.75) is 6.92 Å². The lowest BCUT2D eigenvalue weighted by atomic mass is 10.1. The van der Waals surface area contributed by atoms with Gasteiger partial charge in [-0.1, -0.05) is 6.07 Å². The van der Waals surface area contributed by atoms with Crippen molar-refractivity contribution < 1.29 is 14.6 Å². The molecule has 0 saturated heterocycles. The highest BCUT2D eigenvalue weighted by Crippen LogP contribution is 2.19. The molecule has 0 atom stereocenters. The van der Waals surface area contributed by atoms with Crippen molar-refractivity contribution in [3.8, 4) is 11.4 Å². The average Bonchev–Trinajstić information content (AvgIpc) is 2.40. The van der Waals surface area contributed by atoms with E-state index in [1.54, 1.807) is 12.1 Å². The van der Waals surface area contributed by atoms with Crippen LogP contribution in [-0.4, -0.2) is 22.8 Å². The lowest BCUT2D eigenvalue weighted by Crippen LogP contribution is -2.19. The van der Waals surface area contributed by atoms with Crippen LogP contribution in [0.1, 0.15) is 15.9 Å². The summed E-state index contributed by atoms with van der Waals surface area (Å²) < 4.78 is 6.42. The van der Waals surface area contributed by atoms with Gasteiger partial charge in [0.15, 0.2) is 0 Å². The molecule has 0 fully saturated rings. The molecular formula is C14H13NO4. The smallest absolute Gasteiger partial charge is 0.337 e. The second-order valence-electron chi connectivity index (χ2n) is 4.08. The van der Waals surface area contributed by atoms with Gasteiger partial charge >= 0.3 is 5.97 Å². The molecule has 0 aliphatic carbocycles. The summed E-state index contributed by atoms with van der Waals surface area (Å²) in [5.41, 5.74) is 1.22. The molecule has 0 unspecified atom stereocenters. The van der Waals surface area contributed by atoms with Crippen molar-refractivity contribution >= 4 is 5.97 Å². The predicted molar refractivity (Wildman–Crippen MR) is 70.3 cm³/mol. The van der Waals surface area contributed by atoms with Crippen molar-refractivity contribution in [1.29, 1.82) is 0 Å². The third-order valence-corrected chi connectivity index (χ3v) is 2.83. The topological polar surface area (TPSA) is 68.5 Å². The summed E-state index contributed by atoms with van der Waals surface area (Å²) in [5, 5.41) is 8.98. The predicted octanol–water partition coefficient (Wildman–Crippen LogP) is 1.85. The molecule has 98 valence electrons. The van der Waals surface area contributed by atoms with Crippen molar-refractivity contribution in [2.24, 2.45) is 0 Å². The lowest BCUT2D eigenvalue weighted by Gasteiger charge is -2.11. The van der Waals surface area contributed by atoms with Crippen LogP contribution in [0.2, 0.25) is 0 Å². The fourth-order valence-corrected chi connectivity index (χ4v) is 1.78. The fourth-order valence-electron chi connectivity index (χ4n) is 1.78. The number of hydrogen-bond donors (Lipinski definition) is 1. The Morgan fingerprint density at radius 2 is 2.00 bits per heavy atom. The summed E-state index contributed by atoms with van der Waals surface area (Å²) in [7, 11) is 1.53. The fraction of sp³-hybridized carbons (Fsp3) is 0.143. The average molecular weight is 259 g/mol. The van der Waals surface area contributed by atoms with Gasteiger partial charge in [-0.2, -0.15) is 0 Å². The molecule has 19 heavy (non-hydrogen) atoms. The van der Waals surface area contributed by atoms with Gasteiger partial charge in [-0.05, 0) is 24.6 Å². The van der Waals surface area contributed by atoms with Crippen LogP contribution in [0, 0.1) is 6.92 Å². The second kappa shape index (κ2) is 4.97. The number of carbonyl (C=O) groups is 1. The summed E-state index contributed by atoms with van der Waals surface area (Å²) in [6.07, 6.45) is 1.31. The number of ether oxygens (including phenoxy) is 1. The van der Waals surface area contributed by atoms with E-state index in [4.69, 9.17) is 9.84 Å². The van der Waals surface area contributed by atoms with E-state index in [0.29, 0.717) is 11.4 Å². The highest BCUT2D eigenvalue weighted by atomic mass is 16.5. The Bertz CT molecular complexity index is 688. The zero-order valence-electron chi connectivity index (χ0n) is 10.6. The number of aryl methyl sites for hydroxylation is 1. The minimum atomic E-state index is -1.07. The summed E-state index contributed by atoms with van der Waals surface area (Å²) in [4.78, 5) is 22.8. The number of pyridine rings is 1. The van der Waals surface area contributed by atoms with Crippen LogP contribution in [0.3, 0.4) is 0 Å². The molecule has 1 aromatic carbocycles. The Morgan fingerprint density at radius 3 is 2.63 bits per heavy atom. The molecule has 0 amide bonds. The first-order chi connectivity index (χ1) is 9.02. The van der Waals surface area contributed by atoms with Gasteiger partial charge in [-0.25, -0.2) is 4.79 Å². The molecule has 5 heteroatoms. The first kappa shape index (κ1) is 12.9. The zero-order valence-corrected chi connectivity index (χ0v) is 10.6. The molecule has 0 bridgehead atoms. The molecule has 1 aromatic heterocycles. The first-order valence-electron chi connectivity index (χ1n) is 5.64. The number of carboxylic acid groups (broad SMARTS) is 1. The Hall–Kier alpha value is -2.56. The van der Waals surface area contributed by atoms with Crippen molar-refractivity contribution in [1.82, 2.24) is 4.57 Å². The Labute approximate surface area is 109 Å². The maximum absolute atomic E-state index is 11.9. The summed E-state index contributed by atoms with van der Waals surface area (Å²) in [6, 6.07) is 7.82. The number of rotatable bonds is 3. The van der Waals surface area contributed by atoms with Crippen LogP contribution < -0.4 is 10.3 Å². The molecule has 0 radical (unpaired) electrons. The molecule has 2 rings (SSSR count). The van der Waals surface area contributed by atoms with E-state index in [2.05, 4.69) is 0 Å². The van der Waals surface area contributed by atoms with Crippen molar-refractivity contribution in [3.63, 3.8) is 0 Å². The molecule has 5 nitrogen and oxygen atoms in total. The highest BCUT2D eigenvalue weighted by Gasteiger charge is 2.09. The molecule has 0 aliphatic heterocycles.